The number of rotatable bonds is 6. The van der Waals surface area contributed by atoms with Gasteiger partial charge in [-0.25, -0.2) is 4.79 Å². The van der Waals surface area contributed by atoms with E-state index in [0.29, 0.717) is 0 Å². The predicted octanol–water partition coefficient (Wildman–Crippen LogP) is 1.94. The first-order chi connectivity index (χ1) is 10.4. The molecule has 0 aliphatic rings. The van der Waals surface area contributed by atoms with E-state index in [1.54, 1.807) is 20.8 Å². The molecule has 0 aromatic heterocycles. The van der Waals surface area contributed by atoms with E-state index in [-0.39, 0.29) is 6.04 Å². The number of imide groups is 1. The van der Waals surface area contributed by atoms with E-state index in [2.05, 4.69) is 10.6 Å². The first-order valence-electron chi connectivity index (χ1n) is 6.87. The molecule has 1 aromatic rings. The SMILES string of the molecule is CC(C)NC(=O)NC(=O)COC(=O)[C@H](C)Sc1ccccc1. The number of esters is 1. The van der Waals surface area contributed by atoms with Crippen LogP contribution in [0.2, 0.25) is 0 Å². The minimum absolute atomic E-state index is 0.0855. The molecule has 1 atom stereocenters. The maximum Gasteiger partial charge on any atom is 0.321 e. The second kappa shape index (κ2) is 9.09. The highest BCUT2D eigenvalue weighted by Gasteiger charge is 2.18. The number of hydrogen-bond acceptors (Lipinski definition) is 5. The molecule has 0 aliphatic heterocycles. The van der Waals surface area contributed by atoms with Crippen LogP contribution in [0.15, 0.2) is 35.2 Å². The Hall–Kier alpha value is -2.02. The topological polar surface area (TPSA) is 84.5 Å². The molecule has 0 bridgehead atoms. The quantitative estimate of drug-likeness (QED) is 0.617. The maximum atomic E-state index is 11.8. The Bertz CT molecular complexity index is 520. The van der Waals surface area contributed by atoms with Crippen LogP contribution in [0.3, 0.4) is 0 Å². The van der Waals surface area contributed by atoms with Gasteiger partial charge in [0, 0.05) is 10.9 Å². The molecule has 1 aromatic carbocycles. The zero-order chi connectivity index (χ0) is 16.5. The molecule has 0 saturated heterocycles. The van der Waals surface area contributed by atoms with E-state index >= 15 is 0 Å². The number of carbonyl (C=O) groups is 3. The molecule has 0 fully saturated rings. The normalized spacial score (nSPS) is 11.6. The summed E-state index contributed by atoms with van der Waals surface area (Å²) in [5.74, 6) is -1.17. The van der Waals surface area contributed by atoms with Crippen molar-refractivity contribution in [1.82, 2.24) is 10.6 Å². The lowest BCUT2D eigenvalue weighted by Gasteiger charge is -2.12. The molecular weight excluding hydrogens is 304 g/mol. The van der Waals surface area contributed by atoms with Gasteiger partial charge in [-0.15, -0.1) is 11.8 Å². The summed E-state index contributed by atoms with van der Waals surface area (Å²) in [6.45, 7) is 4.76. The van der Waals surface area contributed by atoms with Gasteiger partial charge in [-0.2, -0.15) is 0 Å². The number of amides is 3. The predicted molar refractivity (Wildman–Crippen MR) is 84.5 cm³/mol. The van der Waals surface area contributed by atoms with Crippen LogP contribution in [0.1, 0.15) is 20.8 Å². The third-order valence-corrected chi connectivity index (χ3v) is 3.50. The van der Waals surface area contributed by atoms with E-state index in [1.807, 2.05) is 30.3 Å². The molecule has 0 radical (unpaired) electrons. The van der Waals surface area contributed by atoms with Gasteiger partial charge in [-0.3, -0.25) is 14.9 Å². The molecule has 7 heteroatoms. The average Bonchev–Trinajstić information content (AvgIpc) is 2.44. The van der Waals surface area contributed by atoms with Crippen molar-refractivity contribution in [1.29, 1.82) is 0 Å². The van der Waals surface area contributed by atoms with Crippen molar-refractivity contribution in [2.24, 2.45) is 0 Å². The molecule has 0 aliphatic carbocycles. The summed E-state index contributed by atoms with van der Waals surface area (Å²) in [4.78, 5) is 35.5. The van der Waals surface area contributed by atoms with Crippen LogP contribution in [-0.4, -0.2) is 35.8 Å². The Labute approximate surface area is 134 Å². The number of carbonyl (C=O) groups excluding carboxylic acids is 3. The van der Waals surface area contributed by atoms with Gasteiger partial charge in [-0.1, -0.05) is 18.2 Å². The van der Waals surface area contributed by atoms with Crippen LogP contribution < -0.4 is 10.6 Å². The minimum atomic E-state index is -0.664. The molecule has 2 N–H and O–H groups in total. The van der Waals surface area contributed by atoms with Gasteiger partial charge in [0.1, 0.15) is 5.25 Å². The van der Waals surface area contributed by atoms with Crippen LogP contribution in [0, 0.1) is 0 Å². The van der Waals surface area contributed by atoms with Crippen molar-refractivity contribution < 1.29 is 19.1 Å². The molecular formula is C15H20N2O4S. The molecule has 0 spiro atoms. The average molecular weight is 324 g/mol. The van der Waals surface area contributed by atoms with Crippen LogP contribution in [0.5, 0.6) is 0 Å². The van der Waals surface area contributed by atoms with Gasteiger partial charge < -0.3 is 10.1 Å². The summed E-state index contributed by atoms with van der Waals surface area (Å²) in [5.41, 5.74) is 0. The summed E-state index contributed by atoms with van der Waals surface area (Å²) in [6.07, 6.45) is 0. The lowest BCUT2D eigenvalue weighted by Crippen LogP contribution is -2.44. The Morgan fingerprint density at radius 3 is 2.36 bits per heavy atom. The van der Waals surface area contributed by atoms with E-state index in [0.717, 1.165) is 4.90 Å². The van der Waals surface area contributed by atoms with Gasteiger partial charge in [0.15, 0.2) is 6.61 Å². The van der Waals surface area contributed by atoms with Gasteiger partial charge in [0.2, 0.25) is 0 Å². The highest BCUT2D eigenvalue weighted by Crippen LogP contribution is 2.23. The van der Waals surface area contributed by atoms with Crippen molar-refractivity contribution in [3.63, 3.8) is 0 Å². The summed E-state index contributed by atoms with van der Waals surface area (Å²) in [5, 5.41) is 4.14. The van der Waals surface area contributed by atoms with E-state index < -0.39 is 29.8 Å². The van der Waals surface area contributed by atoms with E-state index in [4.69, 9.17) is 4.74 Å². The molecule has 0 saturated carbocycles. The highest BCUT2D eigenvalue weighted by molar-refractivity contribution is 8.00. The third kappa shape index (κ3) is 7.12. The molecule has 22 heavy (non-hydrogen) atoms. The summed E-state index contributed by atoms with van der Waals surface area (Å²) >= 11 is 1.34. The monoisotopic (exact) mass is 324 g/mol. The zero-order valence-corrected chi connectivity index (χ0v) is 13.6. The zero-order valence-electron chi connectivity index (χ0n) is 12.8. The molecule has 6 nitrogen and oxygen atoms in total. The van der Waals surface area contributed by atoms with Gasteiger partial charge in [0.05, 0.1) is 0 Å². The van der Waals surface area contributed by atoms with Gasteiger partial charge in [-0.05, 0) is 32.9 Å². The minimum Gasteiger partial charge on any atom is -0.455 e. The van der Waals surface area contributed by atoms with Crippen LogP contribution in [0.25, 0.3) is 0 Å². The first kappa shape index (κ1) is 18.0. The Morgan fingerprint density at radius 1 is 1.14 bits per heavy atom. The molecule has 0 unspecified atom stereocenters. The number of hydrogen-bond donors (Lipinski definition) is 2. The molecule has 3 amide bonds. The van der Waals surface area contributed by atoms with Crippen molar-refractivity contribution >= 4 is 29.7 Å². The van der Waals surface area contributed by atoms with Crippen molar-refractivity contribution in [2.75, 3.05) is 6.61 Å². The van der Waals surface area contributed by atoms with Gasteiger partial charge >= 0.3 is 12.0 Å². The van der Waals surface area contributed by atoms with E-state index in [1.165, 1.54) is 11.8 Å². The number of thioether (sulfide) groups is 1. The van der Waals surface area contributed by atoms with Crippen molar-refractivity contribution in [3.8, 4) is 0 Å². The van der Waals surface area contributed by atoms with Crippen LogP contribution >= 0.6 is 11.8 Å². The number of ether oxygens (including phenoxy) is 1. The number of urea groups is 1. The fourth-order valence-corrected chi connectivity index (χ4v) is 2.35. The van der Waals surface area contributed by atoms with Crippen molar-refractivity contribution in [2.45, 2.75) is 37.0 Å². The number of nitrogens with one attached hydrogen (secondary N) is 2. The fourth-order valence-electron chi connectivity index (χ4n) is 1.47. The third-order valence-electron chi connectivity index (χ3n) is 2.41. The summed E-state index contributed by atoms with van der Waals surface area (Å²) < 4.78 is 4.89. The lowest BCUT2D eigenvalue weighted by atomic mass is 10.4. The summed E-state index contributed by atoms with van der Waals surface area (Å²) in [7, 11) is 0. The fraction of sp³-hybridized carbons (Fsp3) is 0.400. The summed E-state index contributed by atoms with van der Waals surface area (Å²) in [6, 6.07) is 8.72. The Kier molecular flexibility index (Phi) is 7.45. The first-order valence-corrected chi connectivity index (χ1v) is 7.75. The van der Waals surface area contributed by atoms with Crippen LogP contribution in [-0.2, 0) is 14.3 Å². The molecule has 0 heterocycles. The van der Waals surface area contributed by atoms with Crippen molar-refractivity contribution in [3.05, 3.63) is 30.3 Å². The van der Waals surface area contributed by atoms with E-state index in [9.17, 15) is 14.4 Å². The molecule has 1 rings (SSSR count). The largest absolute Gasteiger partial charge is 0.455 e. The number of benzene rings is 1. The Balaban J connectivity index is 2.32. The standard InChI is InChI=1S/C15H20N2O4S/c1-10(2)16-15(20)17-13(18)9-21-14(19)11(3)22-12-7-5-4-6-8-12/h4-8,10-11H,9H2,1-3H3,(H2,16,17,18,20)/t11-/m0/s1. The van der Waals surface area contributed by atoms with Gasteiger partial charge in [0.25, 0.3) is 5.91 Å². The second-order valence-corrected chi connectivity index (χ2v) is 6.27. The Morgan fingerprint density at radius 2 is 1.77 bits per heavy atom. The molecule has 120 valence electrons. The maximum absolute atomic E-state index is 11.8. The lowest BCUT2D eigenvalue weighted by molar-refractivity contribution is -0.147. The smallest absolute Gasteiger partial charge is 0.321 e. The second-order valence-electron chi connectivity index (χ2n) is 4.86. The van der Waals surface area contributed by atoms with Crippen LogP contribution in [0.4, 0.5) is 4.79 Å². The highest BCUT2D eigenvalue weighted by atomic mass is 32.2.